The first-order chi connectivity index (χ1) is 15.3. The van der Waals surface area contributed by atoms with Gasteiger partial charge in [0.25, 0.3) is 5.89 Å². The summed E-state index contributed by atoms with van der Waals surface area (Å²) in [6.45, 7) is 3.49. The highest BCUT2D eigenvalue weighted by atomic mass is 16.5. The van der Waals surface area contributed by atoms with Crippen LogP contribution in [0.4, 0.5) is 0 Å². The Kier molecular flexibility index (Phi) is 5.09. The van der Waals surface area contributed by atoms with E-state index in [1.54, 1.807) is 7.11 Å². The monoisotopic (exact) mass is 419 g/mol. The van der Waals surface area contributed by atoms with Gasteiger partial charge in [-0.2, -0.15) is 4.98 Å². The van der Waals surface area contributed by atoms with Gasteiger partial charge in [-0.3, -0.25) is 0 Å². The average Bonchev–Trinajstić information content (AvgIpc) is 3.46. The molecule has 0 spiro atoms. The zero-order valence-corrected chi connectivity index (χ0v) is 17.2. The second kappa shape index (κ2) is 8.19. The summed E-state index contributed by atoms with van der Waals surface area (Å²) in [5.74, 6) is 2.23. The van der Waals surface area contributed by atoms with Crippen molar-refractivity contribution in [2.24, 2.45) is 0 Å². The van der Waals surface area contributed by atoms with E-state index in [0.29, 0.717) is 42.9 Å². The molecule has 0 radical (unpaired) electrons. The number of rotatable bonds is 6. The Bertz CT molecular complexity index is 1180. The molecule has 0 bridgehead atoms. The van der Waals surface area contributed by atoms with Crippen LogP contribution in [0, 0.1) is 0 Å². The predicted octanol–water partition coefficient (Wildman–Crippen LogP) is 3.67. The number of benzene rings is 2. The minimum absolute atomic E-state index is 0.121. The molecule has 31 heavy (non-hydrogen) atoms. The zero-order chi connectivity index (χ0) is 21.2. The molecule has 1 aliphatic rings. The number of fused-ring (bicyclic) bond motifs is 1. The van der Waals surface area contributed by atoms with Crippen LogP contribution >= 0.6 is 0 Å². The van der Waals surface area contributed by atoms with E-state index in [9.17, 15) is 0 Å². The lowest BCUT2D eigenvalue weighted by atomic mass is 10.1. The van der Waals surface area contributed by atoms with Gasteiger partial charge in [-0.1, -0.05) is 34.6 Å². The first kappa shape index (κ1) is 19.3. The molecule has 2 aromatic heterocycles. The molecule has 9 heteroatoms. The second-order valence-corrected chi connectivity index (χ2v) is 6.99. The summed E-state index contributed by atoms with van der Waals surface area (Å²) in [6, 6.07) is 15.4. The molecule has 0 N–H and O–H groups in total. The molecule has 158 valence electrons. The smallest absolute Gasteiger partial charge is 0.280 e. The highest BCUT2D eigenvalue weighted by molar-refractivity contribution is 5.65. The van der Waals surface area contributed by atoms with E-state index in [0.717, 1.165) is 22.6 Å². The van der Waals surface area contributed by atoms with Crippen LogP contribution in [0.5, 0.6) is 11.5 Å². The Morgan fingerprint density at radius 1 is 1.13 bits per heavy atom. The molecule has 5 rings (SSSR count). The van der Waals surface area contributed by atoms with Crippen molar-refractivity contribution in [1.29, 1.82) is 0 Å². The zero-order valence-electron chi connectivity index (χ0n) is 17.2. The largest absolute Gasteiger partial charge is 0.496 e. The number of hydrogen-bond donors (Lipinski definition) is 0. The predicted molar refractivity (Wildman–Crippen MR) is 110 cm³/mol. The molecule has 0 aliphatic carbocycles. The standard InChI is InChI=1S/C22H21N5O4/c1-3-29-15-10-8-14(9-11-15)19-12-27-17(13-30-19)20(24-26-27)22-23-21(25-31-22)16-6-4-5-7-18(16)28-2/h4-11,19H,3,12-13H2,1-2H3. The quantitative estimate of drug-likeness (QED) is 0.467. The van der Waals surface area contributed by atoms with Crippen LogP contribution < -0.4 is 9.47 Å². The Hall–Kier alpha value is -3.72. The van der Waals surface area contributed by atoms with Crippen molar-refractivity contribution in [2.75, 3.05) is 13.7 Å². The van der Waals surface area contributed by atoms with Gasteiger partial charge in [0.1, 0.15) is 17.6 Å². The summed E-state index contributed by atoms with van der Waals surface area (Å²) in [7, 11) is 1.60. The van der Waals surface area contributed by atoms with Gasteiger partial charge in [0, 0.05) is 0 Å². The van der Waals surface area contributed by atoms with E-state index in [2.05, 4.69) is 20.5 Å². The molecule has 1 atom stereocenters. The van der Waals surface area contributed by atoms with Crippen LogP contribution in [-0.2, 0) is 17.9 Å². The SMILES string of the molecule is CCOc1ccc(C2Cn3nnc(-c4nc(-c5ccccc5OC)no4)c3CO2)cc1. The topological polar surface area (TPSA) is 97.3 Å². The maximum Gasteiger partial charge on any atom is 0.280 e. The Labute approximate surface area is 178 Å². The van der Waals surface area contributed by atoms with Crippen molar-refractivity contribution in [3.05, 3.63) is 59.8 Å². The minimum atomic E-state index is -0.121. The third kappa shape index (κ3) is 3.64. The van der Waals surface area contributed by atoms with Gasteiger partial charge in [-0.05, 0) is 36.8 Å². The van der Waals surface area contributed by atoms with E-state index in [1.807, 2.05) is 60.1 Å². The van der Waals surface area contributed by atoms with Crippen LogP contribution in [0.15, 0.2) is 53.1 Å². The molecule has 1 aliphatic heterocycles. The lowest BCUT2D eigenvalue weighted by Gasteiger charge is -2.24. The maximum absolute atomic E-state index is 6.09. The molecular weight excluding hydrogens is 398 g/mol. The van der Waals surface area contributed by atoms with Gasteiger partial charge in [-0.25, -0.2) is 4.68 Å². The number of para-hydroxylation sites is 1. The number of aromatic nitrogens is 5. The molecular formula is C22H21N5O4. The van der Waals surface area contributed by atoms with Crippen LogP contribution in [0.1, 0.15) is 24.3 Å². The summed E-state index contributed by atoms with van der Waals surface area (Å²) < 4.78 is 24.3. The van der Waals surface area contributed by atoms with Crippen LogP contribution in [0.3, 0.4) is 0 Å². The van der Waals surface area contributed by atoms with Crippen molar-refractivity contribution in [1.82, 2.24) is 25.1 Å². The van der Waals surface area contributed by atoms with Gasteiger partial charge in [-0.15, -0.1) is 5.10 Å². The Balaban J connectivity index is 1.37. The molecule has 0 saturated heterocycles. The molecule has 4 aromatic rings. The first-order valence-corrected chi connectivity index (χ1v) is 10.0. The molecule has 0 fully saturated rings. The number of hydrogen-bond acceptors (Lipinski definition) is 8. The van der Waals surface area contributed by atoms with Gasteiger partial charge >= 0.3 is 0 Å². The van der Waals surface area contributed by atoms with Crippen molar-refractivity contribution >= 4 is 0 Å². The van der Waals surface area contributed by atoms with Gasteiger partial charge < -0.3 is 18.7 Å². The molecule has 1 unspecified atom stereocenters. The van der Waals surface area contributed by atoms with Crippen molar-refractivity contribution in [3.8, 4) is 34.5 Å². The third-order valence-electron chi connectivity index (χ3n) is 5.14. The fourth-order valence-corrected chi connectivity index (χ4v) is 3.58. The van der Waals surface area contributed by atoms with Gasteiger partial charge in [0.2, 0.25) is 5.82 Å². The molecule has 2 aromatic carbocycles. The van der Waals surface area contributed by atoms with Crippen molar-refractivity contribution < 1.29 is 18.7 Å². The minimum Gasteiger partial charge on any atom is -0.496 e. The third-order valence-corrected chi connectivity index (χ3v) is 5.14. The van der Waals surface area contributed by atoms with E-state index < -0.39 is 0 Å². The fourth-order valence-electron chi connectivity index (χ4n) is 3.58. The lowest BCUT2D eigenvalue weighted by Crippen LogP contribution is -2.22. The first-order valence-electron chi connectivity index (χ1n) is 10.0. The van der Waals surface area contributed by atoms with Gasteiger partial charge in [0.15, 0.2) is 5.69 Å². The van der Waals surface area contributed by atoms with Crippen LogP contribution in [-0.4, -0.2) is 38.9 Å². The summed E-state index contributed by atoms with van der Waals surface area (Å²) in [6.07, 6.45) is -0.121. The van der Waals surface area contributed by atoms with E-state index in [-0.39, 0.29) is 6.10 Å². The number of nitrogens with zero attached hydrogens (tertiary/aromatic N) is 5. The molecule has 3 heterocycles. The molecule has 9 nitrogen and oxygen atoms in total. The highest BCUT2D eigenvalue weighted by Crippen LogP contribution is 2.33. The van der Waals surface area contributed by atoms with Crippen LogP contribution in [0.25, 0.3) is 23.0 Å². The second-order valence-electron chi connectivity index (χ2n) is 6.99. The number of methoxy groups -OCH3 is 1. The molecule has 0 amide bonds. The summed E-state index contributed by atoms with van der Waals surface area (Å²) in [4.78, 5) is 4.50. The molecule has 0 saturated carbocycles. The maximum atomic E-state index is 6.09. The van der Waals surface area contributed by atoms with Crippen molar-refractivity contribution in [2.45, 2.75) is 26.2 Å². The highest BCUT2D eigenvalue weighted by Gasteiger charge is 2.28. The van der Waals surface area contributed by atoms with Crippen LogP contribution in [0.2, 0.25) is 0 Å². The summed E-state index contributed by atoms with van der Waals surface area (Å²) >= 11 is 0. The Morgan fingerprint density at radius 2 is 1.97 bits per heavy atom. The van der Waals surface area contributed by atoms with E-state index in [1.165, 1.54) is 0 Å². The van der Waals surface area contributed by atoms with E-state index >= 15 is 0 Å². The van der Waals surface area contributed by atoms with Gasteiger partial charge in [0.05, 0.1) is 38.1 Å². The lowest BCUT2D eigenvalue weighted by molar-refractivity contribution is -0.00119. The fraction of sp³-hybridized carbons (Fsp3) is 0.273. The van der Waals surface area contributed by atoms with Crippen molar-refractivity contribution in [3.63, 3.8) is 0 Å². The average molecular weight is 419 g/mol. The Morgan fingerprint density at radius 3 is 2.77 bits per heavy atom. The summed E-state index contributed by atoms with van der Waals surface area (Å²) in [5.41, 5.74) is 3.13. The summed E-state index contributed by atoms with van der Waals surface area (Å²) in [5, 5.41) is 12.6. The normalized spacial score (nSPS) is 15.5. The van der Waals surface area contributed by atoms with E-state index in [4.69, 9.17) is 18.7 Å². The number of ether oxygens (including phenoxy) is 3.